The Morgan fingerprint density at radius 3 is 2.52 bits per heavy atom. The number of carbonyl (C=O) groups excluding carboxylic acids is 1. The standard InChI is InChI=1S/C20H17BrN4O2/c21-18-8-7-17(27-18)20(26)24-12-10-23(11-13-24)19-16-6-3-9-25(16)15-5-2-1-4-14(15)22-19/h1-9H,10-13H2. The van der Waals surface area contributed by atoms with Crippen LogP contribution in [0.5, 0.6) is 0 Å². The van der Waals surface area contributed by atoms with Crippen molar-refractivity contribution in [3.05, 3.63) is 65.2 Å². The summed E-state index contributed by atoms with van der Waals surface area (Å²) in [6, 6.07) is 15.7. The third-order valence-corrected chi connectivity index (χ3v) is 5.42. The fraction of sp³-hybridized carbons (Fsp3) is 0.200. The molecule has 1 aliphatic rings. The van der Waals surface area contributed by atoms with E-state index in [9.17, 15) is 4.79 Å². The number of halogens is 1. The van der Waals surface area contributed by atoms with Crippen LogP contribution in [0.25, 0.3) is 16.6 Å². The molecule has 0 radical (unpaired) electrons. The minimum absolute atomic E-state index is 0.0698. The summed E-state index contributed by atoms with van der Waals surface area (Å²) in [4.78, 5) is 21.6. The molecule has 1 amide bonds. The highest BCUT2D eigenvalue weighted by molar-refractivity contribution is 9.10. The van der Waals surface area contributed by atoms with Gasteiger partial charge in [0, 0.05) is 32.4 Å². The van der Waals surface area contributed by atoms with E-state index in [1.807, 2.05) is 29.2 Å². The topological polar surface area (TPSA) is 54.0 Å². The zero-order valence-corrected chi connectivity index (χ0v) is 16.1. The average molecular weight is 425 g/mol. The molecule has 1 aliphatic heterocycles. The average Bonchev–Trinajstić information content (AvgIpc) is 3.36. The number of furan rings is 1. The molecule has 1 saturated heterocycles. The van der Waals surface area contributed by atoms with E-state index < -0.39 is 0 Å². The lowest BCUT2D eigenvalue weighted by Gasteiger charge is -2.35. The minimum atomic E-state index is -0.0698. The highest BCUT2D eigenvalue weighted by atomic mass is 79.9. The van der Waals surface area contributed by atoms with E-state index in [0.717, 1.165) is 35.5 Å². The Kier molecular flexibility index (Phi) is 3.89. The van der Waals surface area contributed by atoms with Gasteiger partial charge in [-0.15, -0.1) is 0 Å². The molecule has 5 rings (SSSR count). The lowest BCUT2D eigenvalue weighted by atomic mass is 10.2. The summed E-state index contributed by atoms with van der Waals surface area (Å²) in [6.45, 7) is 2.75. The van der Waals surface area contributed by atoms with Crippen LogP contribution in [-0.4, -0.2) is 46.4 Å². The molecule has 6 nitrogen and oxygen atoms in total. The molecule has 136 valence electrons. The van der Waals surface area contributed by atoms with Crippen molar-refractivity contribution in [3.63, 3.8) is 0 Å². The number of carbonyl (C=O) groups is 1. The number of nitrogens with zero attached hydrogens (tertiary/aromatic N) is 4. The number of benzene rings is 1. The smallest absolute Gasteiger partial charge is 0.289 e. The lowest BCUT2D eigenvalue weighted by molar-refractivity contribution is 0.0713. The Balaban J connectivity index is 1.42. The van der Waals surface area contributed by atoms with E-state index in [4.69, 9.17) is 9.40 Å². The van der Waals surface area contributed by atoms with Crippen molar-refractivity contribution in [1.29, 1.82) is 0 Å². The number of rotatable bonds is 2. The first-order valence-corrected chi connectivity index (χ1v) is 9.65. The number of amides is 1. The second-order valence-electron chi connectivity index (χ2n) is 6.57. The third kappa shape index (κ3) is 2.78. The molecule has 3 aromatic heterocycles. The van der Waals surface area contributed by atoms with Gasteiger partial charge in [-0.2, -0.15) is 0 Å². The summed E-state index contributed by atoms with van der Waals surface area (Å²) in [5.41, 5.74) is 3.15. The maximum Gasteiger partial charge on any atom is 0.289 e. The zero-order valence-electron chi connectivity index (χ0n) is 14.5. The Bertz CT molecular complexity index is 1140. The normalized spacial score (nSPS) is 15.0. The molecule has 0 spiro atoms. The predicted molar refractivity (Wildman–Crippen MR) is 107 cm³/mol. The maximum absolute atomic E-state index is 12.6. The van der Waals surface area contributed by atoms with Crippen LogP contribution in [0.4, 0.5) is 5.82 Å². The summed E-state index contributed by atoms with van der Waals surface area (Å²) >= 11 is 3.25. The van der Waals surface area contributed by atoms with Crippen LogP contribution < -0.4 is 4.90 Å². The van der Waals surface area contributed by atoms with Gasteiger partial charge in [-0.25, -0.2) is 4.98 Å². The minimum Gasteiger partial charge on any atom is -0.444 e. The van der Waals surface area contributed by atoms with Gasteiger partial charge >= 0.3 is 0 Å². The van der Waals surface area contributed by atoms with Crippen LogP contribution in [0.1, 0.15) is 10.6 Å². The number of piperazine rings is 1. The number of hydrogen-bond donors (Lipinski definition) is 0. The van der Waals surface area contributed by atoms with E-state index >= 15 is 0 Å². The first-order chi connectivity index (χ1) is 13.2. The summed E-state index contributed by atoms with van der Waals surface area (Å²) in [6.07, 6.45) is 2.07. The van der Waals surface area contributed by atoms with Crippen molar-refractivity contribution < 1.29 is 9.21 Å². The Labute approximate surface area is 164 Å². The van der Waals surface area contributed by atoms with Crippen molar-refractivity contribution in [2.75, 3.05) is 31.1 Å². The van der Waals surface area contributed by atoms with Crippen LogP contribution in [0.15, 0.2) is 63.8 Å². The molecule has 0 bridgehead atoms. The first-order valence-electron chi connectivity index (χ1n) is 8.86. The van der Waals surface area contributed by atoms with Crippen LogP contribution >= 0.6 is 15.9 Å². The van der Waals surface area contributed by atoms with Gasteiger partial charge in [0.25, 0.3) is 5.91 Å². The monoisotopic (exact) mass is 424 g/mol. The van der Waals surface area contributed by atoms with E-state index in [0.29, 0.717) is 23.5 Å². The number of fused-ring (bicyclic) bond motifs is 3. The molecule has 0 atom stereocenters. The molecule has 4 heterocycles. The molecule has 1 aromatic carbocycles. The van der Waals surface area contributed by atoms with Crippen LogP contribution in [0, 0.1) is 0 Å². The number of aromatic nitrogens is 2. The molecule has 0 unspecified atom stereocenters. The number of hydrogen-bond acceptors (Lipinski definition) is 4. The number of para-hydroxylation sites is 2. The second-order valence-corrected chi connectivity index (χ2v) is 7.35. The molecule has 4 aromatic rings. The Morgan fingerprint density at radius 1 is 0.963 bits per heavy atom. The van der Waals surface area contributed by atoms with Gasteiger partial charge in [0.15, 0.2) is 16.2 Å². The van der Waals surface area contributed by atoms with E-state index in [-0.39, 0.29) is 5.91 Å². The summed E-state index contributed by atoms with van der Waals surface area (Å²) < 4.78 is 8.15. The molecule has 1 fully saturated rings. The van der Waals surface area contributed by atoms with E-state index in [1.165, 1.54) is 0 Å². The molecular formula is C20H17BrN4O2. The van der Waals surface area contributed by atoms with Crippen LogP contribution in [-0.2, 0) is 0 Å². The van der Waals surface area contributed by atoms with E-state index in [1.54, 1.807) is 12.1 Å². The Hall–Kier alpha value is -2.80. The third-order valence-electron chi connectivity index (χ3n) is 5.00. The summed E-state index contributed by atoms with van der Waals surface area (Å²) in [5.74, 6) is 1.26. The van der Waals surface area contributed by atoms with Gasteiger partial charge in [0.1, 0.15) is 0 Å². The van der Waals surface area contributed by atoms with Gasteiger partial charge < -0.3 is 18.6 Å². The summed E-state index contributed by atoms with van der Waals surface area (Å²) in [7, 11) is 0. The van der Waals surface area contributed by atoms with Crippen molar-refractivity contribution in [1.82, 2.24) is 14.3 Å². The maximum atomic E-state index is 12.6. The largest absolute Gasteiger partial charge is 0.444 e. The molecule has 0 N–H and O–H groups in total. The van der Waals surface area contributed by atoms with Crippen LogP contribution in [0.3, 0.4) is 0 Å². The van der Waals surface area contributed by atoms with Crippen molar-refractivity contribution in [3.8, 4) is 0 Å². The van der Waals surface area contributed by atoms with Gasteiger partial charge in [-0.05, 0) is 52.3 Å². The van der Waals surface area contributed by atoms with Gasteiger partial charge in [0.05, 0.1) is 16.6 Å². The lowest BCUT2D eigenvalue weighted by Crippen LogP contribution is -2.49. The predicted octanol–water partition coefficient (Wildman–Crippen LogP) is 3.81. The fourth-order valence-corrected chi connectivity index (χ4v) is 3.95. The molecule has 27 heavy (non-hydrogen) atoms. The molecular weight excluding hydrogens is 408 g/mol. The second kappa shape index (κ2) is 6.42. The van der Waals surface area contributed by atoms with E-state index in [2.05, 4.69) is 43.6 Å². The highest BCUT2D eigenvalue weighted by Gasteiger charge is 2.26. The van der Waals surface area contributed by atoms with Gasteiger partial charge in [-0.3, -0.25) is 4.79 Å². The SMILES string of the molecule is O=C(c1ccc(Br)o1)N1CCN(c2nc3ccccc3n3cccc23)CC1. The molecule has 7 heteroatoms. The summed E-state index contributed by atoms with van der Waals surface area (Å²) in [5, 5.41) is 0. The quantitative estimate of drug-likeness (QED) is 0.490. The van der Waals surface area contributed by atoms with Crippen molar-refractivity contribution in [2.45, 2.75) is 0 Å². The fourth-order valence-electron chi connectivity index (χ4n) is 3.65. The number of anilines is 1. The van der Waals surface area contributed by atoms with Crippen molar-refractivity contribution in [2.24, 2.45) is 0 Å². The van der Waals surface area contributed by atoms with Gasteiger partial charge in [0.2, 0.25) is 0 Å². The molecule has 0 saturated carbocycles. The zero-order chi connectivity index (χ0) is 18.4. The van der Waals surface area contributed by atoms with Gasteiger partial charge in [-0.1, -0.05) is 12.1 Å². The Morgan fingerprint density at radius 2 is 1.74 bits per heavy atom. The first kappa shape index (κ1) is 16.4. The highest BCUT2D eigenvalue weighted by Crippen LogP contribution is 2.26. The molecule has 0 aliphatic carbocycles. The van der Waals surface area contributed by atoms with Crippen LogP contribution in [0.2, 0.25) is 0 Å². The van der Waals surface area contributed by atoms with Crippen molar-refractivity contribution >= 4 is 44.2 Å².